The van der Waals surface area contributed by atoms with Crippen LogP contribution in [0.15, 0.2) is 24.4 Å². The van der Waals surface area contributed by atoms with E-state index in [4.69, 9.17) is 0 Å². The highest BCUT2D eigenvalue weighted by Gasteiger charge is 1.97. The van der Waals surface area contributed by atoms with Gasteiger partial charge >= 0.3 is 0 Å². The highest BCUT2D eigenvalue weighted by atomic mass is 14.7. The summed E-state index contributed by atoms with van der Waals surface area (Å²) in [6.07, 6.45) is 3.92. The van der Waals surface area contributed by atoms with Crippen LogP contribution in [0, 0.1) is 6.92 Å². The molecule has 1 heterocycles. The van der Waals surface area contributed by atoms with Crippen LogP contribution in [0.2, 0.25) is 0 Å². The fraction of sp³-hybridized carbons (Fsp3) is 0.300. The summed E-state index contributed by atoms with van der Waals surface area (Å²) in [6.45, 7) is 6.17. The van der Waals surface area contributed by atoms with Crippen molar-refractivity contribution in [1.82, 2.24) is 4.98 Å². The molecule has 0 radical (unpaired) electrons. The van der Waals surface area contributed by atoms with E-state index in [9.17, 15) is 0 Å². The minimum absolute atomic E-state index is 1.10. The molecule has 0 unspecified atom stereocenters. The molecule has 1 aromatic rings. The number of hydrogen-bond acceptors (Lipinski definition) is 1. The summed E-state index contributed by atoms with van der Waals surface area (Å²) in [5.41, 5.74) is 3.63. The highest BCUT2D eigenvalue weighted by Crippen LogP contribution is 2.14. The van der Waals surface area contributed by atoms with Gasteiger partial charge in [0.1, 0.15) is 0 Å². The van der Waals surface area contributed by atoms with Crippen molar-refractivity contribution in [3.63, 3.8) is 0 Å². The van der Waals surface area contributed by atoms with Gasteiger partial charge in [0.15, 0.2) is 0 Å². The van der Waals surface area contributed by atoms with Crippen LogP contribution < -0.4 is 0 Å². The minimum Gasteiger partial charge on any atom is -0.261 e. The summed E-state index contributed by atoms with van der Waals surface area (Å²) in [6, 6.07) is 4.06. The van der Waals surface area contributed by atoms with Gasteiger partial charge in [-0.3, -0.25) is 4.98 Å². The SMILES string of the molecule is CC=C(C)c1cccnc1C. The number of aryl methyl sites for hydroxylation is 1. The number of pyridine rings is 1. The van der Waals surface area contributed by atoms with Gasteiger partial charge in [0, 0.05) is 11.9 Å². The Balaban J connectivity index is 3.14. The molecular formula is C10H13N. The first-order valence-electron chi connectivity index (χ1n) is 3.80. The average Bonchev–Trinajstić information content (AvgIpc) is 2.04. The van der Waals surface area contributed by atoms with E-state index in [1.54, 1.807) is 0 Å². The topological polar surface area (TPSA) is 12.9 Å². The maximum absolute atomic E-state index is 4.21. The van der Waals surface area contributed by atoms with Gasteiger partial charge in [-0.15, -0.1) is 0 Å². The summed E-state index contributed by atoms with van der Waals surface area (Å²) in [4.78, 5) is 4.21. The first-order chi connectivity index (χ1) is 5.25. The molecule has 0 amide bonds. The summed E-state index contributed by atoms with van der Waals surface area (Å²) in [7, 11) is 0. The van der Waals surface area contributed by atoms with E-state index in [0.29, 0.717) is 0 Å². The number of allylic oxidation sites excluding steroid dienone is 2. The average molecular weight is 147 g/mol. The van der Waals surface area contributed by atoms with Gasteiger partial charge in [-0.2, -0.15) is 0 Å². The summed E-state index contributed by atoms with van der Waals surface area (Å²) >= 11 is 0. The molecule has 0 bridgehead atoms. The molecule has 0 N–H and O–H groups in total. The molecule has 0 saturated carbocycles. The number of nitrogens with zero attached hydrogens (tertiary/aromatic N) is 1. The molecule has 0 saturated heterocycles. The van der Waals surface area contributed by atoms with E-state index in [-0.39, 0.29) is 0 Å². The van der Waals surface area contributed by atoms with Crippen molar-refractivity contribution >= 4 is 5.57 Å². The lowest BCUT2D eigenvalue weighted by Gasteiger charge is -2.02. The zero-order valence-corrected chi connectivity index (χ0v) is 7.26. The van der Waals surface area contributed by atoms with Crippen LogP contribution in [0.1, 0.15) is 25.1 Å². The molecule has 0 fully saturated rings. The Bertz CT molecular complexity index is 274. The van der Waals surface area contributed by atoms with Crippen LogP contribution in [0.25, 0.3) is 5.57 Å². The number of aromatic nitrogens is 1. The standard InChI is InChI=1S/C10H13N/c1-4-8(2)10-6-5-7-11-9(10)3/h4-7H,1-3H3. The monoisotopic (exact) mass is 147 g/mol. The Morgan fingerprint density at radius 3 is 2.82 bits per heavy atom. The van der Waals surface area contributed by atoms with Crippen molar-refractivity contribution in [3.05, 3.63) is 35.7 Å². The summed E-state index contributed by atoms with van der Waals surface area (Å²) < 4.78 is 0. The van der Waals surface area contributed by atoms with Gasteiger partial charge in [-0.25, -0.2) is 0 Å². The molecule has 11 heavy (non-hydrogen) atoms. The smallest absolute Gasteiger partial charge is 0.0447 e. The second-order valence-corrected chi connectivity index (χ2v) is 2.61. The third-order valence-electron chi connectivity index (χ3n) is 1.86. The number of hydrogen-bond donors (Lipinski definition) is 0. The molecular weight excluding hydrogens is 134 g/mol. The van der Waals surface area contributed by atoms with Crippen molar-refractivity contribution in [2.75, 3.05) is 0 Å². The molecule has 0 atom stereocenters. The van der Waals surface area contributed by atoms with Crippen LogP contribution in [-0.2, 0) is 0 Å². The normalized spacial score (nSPS) is 11.7. The van der Waals surface area contributed by atoms with E-state index in [2.05, 4.69) is 24.1 Å². The van der Waals surface area contributed by atoms with Crippen molar-refractivity contribution in [1.29, 1.82) is 0 Å². The largest absolute Gasteiger partial charge is 0.261 e. The summed E-state index contributed by atoms with van der Waals surface area (Å²) in [5, 5.41) is 0. The van der Waals surface area contributed by atoms with Crippen molar-refractivity contribution in [2.24, 2.45) is 0 Å². The Labute approximate surface area is 67.8 Å². The van der Waals surface area contributed by atoms with Crippen LogP contribution >= 0.6 is 0 Å². The van der Waals surface area contributed by atoms with E-state index < -0.39 is 0 Å². The maximum atomic E-state index is 4.21. The predicted octanol–water partition coefficient (Wildman–Crippen LogP) is 2.81. The lowest BCUT2D eigenvalue weighted by Crippen LogP contribution is -1.87. The van der Waals surface area contributed by atoms with Crippen LogP contribution in [0.4, 0.5) is 0 Å². The highest BCUT2D eigenvalue weighted by molar-refractivity contribution is 5.64. The van der Waals surface area contributed by atoms with Crippen molar-refractivity contribution in [2.45, 2.75) is 20.8 Å². The molecule has 0 aromatic carbocycles. The number of rotatable bonds is 1. The van der Waals surface area contributed by atoms with Crippen LogP contribution in [0.5, 0.6) is 0 Å². The van der Waals surface area contributed by atoms with E-state index in [1.165, 1.54) is 11.1 Å². The summed E-state index contributed by atoms with van der Waals surface area (Å²) in [5.74, 6) is 0. The quantitative estimate of drug-likeness (QED) is 0.595. The van der Waals surface area contributed by atoms with Gasteiger partial charge in [0.05, 0.1) is 0 Å². The van der Waals surface area contributed by atoms with Crippen LogP contribution in [0.3, 0.4) is 0 Å². The van der Waals surface area contributed by atoms with Gasteiger partial charge in [0.25, 0.3) is 0 Å². The van der Waals surface area contributed by atoms with E-state index in [1.807, 2.05) is 26.1 Å². The molecule has 1 nitrogen and oxygen atoms in total. The van der Waals surface area contributed by atoms with Gasteiger partial charge in [-0.1, -0.05) is 12.1 Å². The van der Waals surface area contributed by atoms with Crippen molar-refractivity contribution < 1.29 is 0 Å². The second kappa shape index (κ2) is 3.33. The van der Waals surface area contributed by atoms with Crippen molar-refractivity contribution in [3.8, 4) is 0 Å². The molecule has 1 aromatic heterocycles. The zero-order valence-electron chi connectivity index (χ0n) is 7.26. The first-order valence-corrected chi connectivity index (χ1v) is 3.80. The van der Waals surface area contributed by atoms with Gasteiger partial charge in [-0.05, 0) is 38.0 Å². The molecule has 0 aliphatic carbocycles. The predicted molar refractivity (Wildman–Crippen MR) is 48.3 cm³/mol. The maximum Gasteiger partial charge on any atom is 0.0447 e. The second-order valence-electron chi connectivity index (χ2n) is 2.61. The molecule has 1 heteroatoms. The van der Waals surface area contributed by atoms with Gasteiger partial charge in [0.2, 0.25) is 0 Å². The minimum atomic E-state index is 1.10. The Morgan fingerprint density at radius 2 is 2.27 bits per heavy atom. The molecule has 0 spiro atoms. The third-order valence-corrected chi connectivity index (χ3v) is 1.86. The fourth-order valence-electron chi connectivity index (χ4n) is 1.06. The van der Waals surface area contributed by atoms with E-state index >= 15 is 0 Å². The Kier molecular flexibility index (Phi) is 2.42. The fourth-order valence-corrected chi connectivity index (χ4v) is 1.06. The molecule has 58 valence electrons. The Hall–Kier alpha value is -1.11. The first kappa shape index (κ1) is 7.99. The molecule has 0 aliphatic rings. The lowest BCUT2D eigenvalue weighted by molar-refractivity contribution is 1.18. The van der Waals surface area contributed by atoms with E-state index in [0.717, 1.165) is 5.69 Å². The van der Waals surface area contributed by atoms with Gasteiger partial charge < -0.3 is 0 Å². The lowest BCUT2D eigenvalue weighted by atomic mass is 10.1. The zero-order chi connectivity index (χ0) is 8.27. The molecule has 0 aliphatic heterocycles. The molecule has 1 rings (SSSR count). The Morgan fingerprint density at radius 1 is 1.55 bits per heavy atom. The third kappa shape index (κ3) is 1.67. The van der Waals surface area contributed by atoms with Crippen LogP contribution in [-0.4, -0.2) is 4.98 Å².